The lowest BCUT2D eigenvalue weighted by Gasteiger charge is -2.26. The van der Waals surface area contributed by atoms with Gasteiger partial charge in [-0.25, -0.2) is 4.79 Å². The minimum absolute atomic E-state index is 0.126. The Balaban J connectivity index is 2.13. The van der Waals surface area contributed by atoms with E-state index in [2.05, 4.69) is 0 Å². The van der Waals surface area contributed by atoms with E-state index in [9.17, 15) is 4.79 Å². The minimum Gasteiger partial charge on any atom is -0.515 e. The standard InChI is InChI=1S/C9H12O3/c10-5-7-4-6-2-1-3-8(6)12-9(7)11/h5-6,8,10H,1-4H2/b7-5-. The molecule has 0 bridgehead atoms. The van der Waals surface area contributed by atoms with E-state index < -0.39 is 0 Å². The third-order valence-electron chi connectivity index (χ3n) is 2.75. The van der Waals surface area contributed by atoms with Crippen molar-refractivity contribution in [2.45, 2.75) is 31.8 Å². The maximum Gasteiger partial charge on any atom is 0.337 e. The third-order valence-corrected chi connectivity index (χ3v) is 2.75. The molecule has 1 saturated carbocycles. The summed E-state index contributed by atoms with van der Waals surface area (Å²) >= 11 is 0. The number of carbonyl (C=O) groups is 1. The summed E-state index contributed by atoms with van der Waals surface area (Å²) in [4.78, 5) is 11.1. The third kappa shape index (κ3) is 1.09. The van der Waals surface area contributed by atoms with Crippen LogP contribution in [0.15, 0.2) is 11.8 Å². The summed E-state index contributed by atoms with van der Waals surface area (Å²) in [6.45, 7) is 0. The number of aliphatic hydroxyl groups is 1. The highest BCUT2D eigenvalue weighted by Gasteiger charge is 2.37. The van der Waals surface area contributed by atoms with Gasteiger partial charge in [0.1, 0.15) is 6.10 Å². The Hall–Kier alpha value is -0.990. The molecule has 2 rings (SSSR count). The van der Waals surface area contributed by atoms with E-state index in [1.807, 2.05) is 0 Å². The fraction of sp³-hybridized carbons (Fsp3) is 0.667. The molecule has 0 aromatic rings. The Morgan fingerprint density at radius 2 is 2.33 bits per heavy atom. The number of fused-ring (bicyclic) bond motifs is 1. The van der Waals surface area contributed by atoms with Gasteiger partial charge < -0.3 is 9.84 Å². The van der Waals surface area contributed by atoms with E-state index in [4.69, 9.17) is 9.84 Å². The zero-order valence-electron chi connectivity index (χ0n) is 6.82. The van der Waals surface area contributed by atoms with Gasteiger partial charge in [0.2, 0.25) is 0 Å². The monoisotopic (exact) mass is 168 g/mol. The van der Waals surface area contributed by atoms with Crippen molar-refractivity contribution in [3.8, 4) is 0 Å². The van der Waals surface area contributed by atoms with Crippen LogP contribution >= 0.6 is 0 Å². The molecular formula is C9H12O3. The molecule has 2 fully saturated rings. The number of rotatable bonds is 0. The average Bonchev–Trinajstić information content (AvgIpc) is 2.49. The first-order valence-electron chi connectivity index (χ1n) is 4.35. The predicted molar refractivity (Wildman–Crippen MR) is 42.5 cm³/mol. The molecule has 2 atom stereocenters. The van der Waals surface area contributed by atoms with Gasteiger partial charge in [0.25, 0.3) is 0 Å². The summed E-state index contributed by atoms with van der Waals surface area (Å²) in [6.07, 6.45) is 4.96. The first-order chi connectivity index (χ1) is 5.81. The van der Waals surface area contributed by atoms with Crippen LogP contribution in [-0.4, -0.2) is 17.2 Å². The maximum atomic E-state index is 11.1. The van der Waals surface area contributed by atoms with Gasteiger partial charge in [-0.05, 0) is 25.7 Å². The summed E-state index contributed by atoms with van der Waals surface area (Å²) in [5.41, 5.74) is 0.429. The quantitative estimate of drug-likeness (QED) is 0.339. The van der Waals surface area contributed by atoms with Gasteiger partial charge in [0, 0.05) is 5.92 Å². The molecular weight excluding hydrogens is 156 g/mol. The van der Waals surface area contributed by atoms with Gasteiger partial charge in [-0.2, -0.15) is 0 Å². The van der Waals surface area contributed by atoms with E-state index in [0.29, 0.717) is 17.9 Å². The van der Waals surface area contributed by atoms with Crippen LogP contribution < -0.4 is 0 Å². The summed E-state index contributed by atoms with van der Waals surface area (Å²) in [5, 5.41) is 8.72. The zero-order valence-corrected chi connectivity index (χ0v) is 6.82. The number of carbonyl (C=O) groups excluding carboxylic acids is 1. The fourth-order valence-corrected chi connectivity index (χ4v) is 2.08. The predicted octanol–water partition coefficient (Wildman–Crippen LogP) is 1.54. The average molecular weight is 168 g/mol. The molecule has 2 unspecified atom stereocenters. The van der Waals surface area contributed by atoms with Crippen molar-refractivity contribution in [1.29, 1.82) is 0 Å². The minimum atomic E-state index is -0.333. The van der Waals surface area contributed by atoms with Gasteiger partial charge in [-0.15, -0.1) is 0 Å². The molecule has 1 aliphatic heterocycles. The van der Waals surface area contributed by atoms with Crippen LogP contribution in [0.2, 0.25) is 0 Å². The number of aliphatic hydroxyl groups excluding tert-OH is 1. The number of ether oxygens (including phenoxy) is 1. The normalized spacial score (nSPS) is 38.0. The molecule has 1 N–H and O–H groups in total. The van der Waals surface area contributed by atoms with Crippen molar-refractivity contribution in [2.24, 2.45) is 5.92 Å². The zero-order chi connectivity index (χ0) is 8.55. The summed E-state index contributed by atoms with van der Waals surface area (Å²) < 4.78 is 5.15. The summed E-state index contributed by atoms with van der Waals surface area (Å²) in [7, 11) is 0. The van der Waals surface area contributed by atoms with Crippen LogP contribution in [0.4, 0.5) is 0 Å². The number of esters is 1. The molecule has 12 heavy (non-hydrogen) atoms. The van der Waals surface area contributed by atoms with Gasteiger partial charge in [-0.3, -0.25) is 0 Å². The first-order valence-corrected chi connectivity index (χ1v) is 4.35. The second-order valence-electron chi connectivity index (χ2n) is 3.49. The van der Waals surface area contributed by atoms with E-state index in [1.165, 1.54) is 0 Å². The van der Waals surface area contributed by atoms with Crippen molar-refractivity contribution in [1.82, 2.24) is 0 Å². The van der Waals surface area contributed by atoms with Crippen LogP contribution in [0.3, 0.4) is 0 Å². The number of hydrogen-bond donors (Lipinski definition) is 1. The van der Waals surface area contributed by atoms with Crippen LogP contribution in [0.1, 0.15) is 25.7 Å². The van der Waals surface area contributed by atoms with Crippen molar-refractivity contribution in [2.75, 3.05) is 0 Å². The Morgan fingerprint density at radius 1 is 1.50 bits per heavy atom. The molecule has 3 nitrogen and oxygen atoms in total. The van der Waals surface area contributed by atoms with Gasteiger partial charge in [-0.1, -0.05) is 0 Å². The lowest BCUT2D eigenvalue weighted by atomic mass is 9.94. The molecule has 2 aliphatic rings. The summed E-state index contributed by atoms with van der Waals surface area (Å²) in [5.74, 6) is 0.127. The second-order valence-corrected chi connectivity index (χ2v) is 3.49. The molecule has 1 saturated heterocycles. The smallest absolute Gasteiger partial charge is 0.337 e. The highest BCUT2D eigenvalue weighted by Crippen LogP contribution is 2.37. The lowest BCUT2D eigenvalue weighted by Crippen LogP contribution is -2.30. The van der Waals surface area contributed by atoms with Crippen molar-refractivity contribution >= 4 is 5.97 Å². The Morgan fingerprint density at radius 3 is 3.08 bits per heavy atom. The largest absolute Gasteiger partial charge is 0.515 e. The molecule has 0 aromatic heterocycles. The Labute approximate surface area is 71.0 Å². The van der Waals surface area contributed by atoms with E-state index in [0.717, 1.165) is 25.5 Å². The Kier molecular flexibility index (Phi) is 1.79. The second kappa shape index (κ2) is 2.81. The Bertz CT molecular complexity index is 232. The SMILES string of the molecule is O=C1OC2CCCC2C/C1=C/O. The van der Waals surface area contributed by atoms with Gasteiger partial charge in [0.15, 0.2) is 0 Å². The molecule has 66 valence electrons. The molecule has 0 radical (unpaired) electrons. The van der Waals surface area contributed by atoms with Crippen LogP contribution in [0.25, 0.3) is 0 Å². The maximum absolute atomic E-state index is 11.1. The highest BCUT2D eigenvalue weighted by molar-refractivity contribution is 5.89. The highest BCUT2D eigenvalue weighted by atomic mass is 16.5. The van der Waals surface area contributed by atoms with Crippen molar-refractivity contribution in [3.05, 3.63) is 11.8 Å². The van der Waals surface area contributed by atoms with Crippen molar-refractivity contribution in [3.63, 3.8) is 0 Å². The molecule has 3 heteroatoms. The van der Waals surface area contributed by atoms with Crippen molar-refractivity contribution < 1.29 is 14.6 Å². The molecule has 1 heterocycles. The molecule has 1 aliphatic carbocycles. The van der Waals surface area contributed by atoms with E-state index in [1.54, 1.807) is 0 Å². The van der Waals surface area contributed by atoms with Crippen LogP contribution in [0.5, 0.6) is 0 Å². The van der Waals surface area contributed by atoms with E-state index in [-0.39, 0.29) is 12.1 Å². The number of hydrogen-bond acceptors (Lipinski definition) is 3. The molecule has 0 aromatic carbocycles. The van der Waals surface area contributed by atoms with Crippen LogP contribution in [-0.2, 0) is 9.53 Å². The van der Waals surface area contributed by atoms with Gasteiger partial charge in [0.05, 0.1) is 11.8 Å². The lowest BCUT2D eigenvalue weighted by molar-refractivity contribution is -0.150. The molecule has 0 amide bonds. The first kappa shape index (κ1) is 7.65. The summed E-state index contributed by atoms with van der Waals surface area (Å²) in [6, 6.07) is 0. The topological polar surface area (TPSA) is 46.5 Å². The van der Waals surface area contributed by atoms with E-state index >= 15 is 0 Å². The van der Waals surface area contributed by atoms with Gasteiger partial charge >= 0.3 is 5.97 Å². The molecule has 0 spiro atoms. The fourth-order valence-electron chi connectivity index (χ4n) is 2.08. The van der Waals surface area contributed by atoms with Crippen LogP contribution in [0, 0.1) is 5.92 Å².